The molecule has 2 aromatic carbocycles. The fraction of sp³-hybridized carbons (Fsp3) is 0.200. The zero-order valence-corrected chi connectivity index (χ0v) is 15.0. The molecule has 3 aromatic rings. The summed E-state index contributed by atoms with van der Waals surface area (Å²) in [5, 5.41) is 7.54. The molecule has 126 valence electrons. The van der Waals surface area contributed by atoms with Crippen molar-refractivity contribution < 1.29 is 4.79 Å². The van der Waals surface area contributed by atoms with Gasteiger partial charge in [0.25, 0.3) is 0 Å². The minimum absolute atomic E-state index is 0.0281. The summed E-state index contributed by atoms with van der Waals surface area (Å²) in [6.45, 7) is 2.05. The van der Waals surface area contributed by atoms with E-state index >= 15 is 0 Å². The van der Waals surface area contributed by atoms with Crippen molar-refractivity contribution in [1.29, 1.82) is 0 Å². The number of fused-ring (bicyclic) bond motifs is 1. The predicted molar refractivity (Wildman–Crippen MR) is 102 cm³/mol. The molecule has 5 heteroatoms. The second-order valence-corrected chi connectivity index (χ2v) is 7.15. The molecule has 0 saturated carbocycles. The van der Waals surface area contributed by atoms with Crippen LogP contribution in [0.1, 0.15) is 29.0 Å². The normalized spacial score (nSPS) is 16.4. The Morgan fingerprint density at radius 1 is 1.12 bits per heavy atom. The third-order valence-corrected chi connectivity index (χ3v) is 5.36. The molecule has 25 heavy (non-hydrogen) atoms. The lowest BCUT2D eigenvalue weighted by molar-refractivity contribution is -0.116. The van der Waals surface area contributed by atoms with Gasteiger partial charge in [-0.25, -0.2) is 4.68 Å². The molecule has 0 fully saturated rings. The molecule has 1 aliphatic heterocycles. The Morgan fingerprint density at radius 2 is 1.84 bits per heavy atom. The summed E-state index contributed by atoms with van der Waals surface area (Å²) >= 11 is 1.72. The van der Waals surface area contributed by atoms with Crippen LogP contribution in [-0.2, 0) is 4.79 Å². The van der Waals surface area contributed by atoms with E-state index in [1.807, 2.05) is 35.1 Å². The van der Waals surface area contributed by atoms with Gasteiger partial charge in [-0.15, -0.1) is 11.8 Å². The molecule has 0 spiro atoms. The maximum atomic E-state index is 12.3. The van der Waals surface area contributed by atoms with E-state index in [0.717, 1.165) is 22.6 Å². The predicted octanol–water partition coefficient (Wildman–Crippen LogP) is 4.38. The Morgan fingerprint density at radius 3 is 2.52 bits per heavy atom. The number of hydrogen-bond donors (Lipinski definition) is 1. The fourth-order valence-corrected chi connectivity index (χ4v) is 3.64. The van der Waals surface area contributed by atoms with E-state index in [4.69, 9.17) is 0 Å². The number of benzene rings is 2. The van der Waals surface area contributed by atoms with Gasteiger partial charge in [0, 0.05) is 22.8 Å². The molecule has 2 heterocycles. The standard InChI is InChI=1S/C20H19N3OS/c1-13-3-7-15(8-4-13)23-20-18(12-21-23)17(11-19(24)22-20)14-5-9-16(25-2)10-6-14/h3-10,12,17H,11H2,1-2H3,(H,22,24). The first-order chi connectivity index (χ1) is 12.2. The van der Waals surface area contributed by atoms with Crippen LogP contribution in [0.3, 0.4) is 0 Å². The summed E-state index contributed by atoms with van der Waals surface area (Å²) in [5.74, 6) is 0.846. The van der Waals surface area contributed by atoms with Gasteiger partial charge in [-0.2, -0.15) is 5.10 Å². The van der Waals surface area contributed by atoms with E-state index in [1.165, 1.54) is 10.5 Å². The van der Waals surface area contributed by atoms with Crippen molar-refractivity contribution in [1.82, 2.24) is 9.78 Å². The first-order valence-electron chi connectivity index (χ1n) is 8.24. The maximum absolute atomic E-state index is 12.3. The van der Waals surface area contributed by atoms with Crippen LogP contribution in [0.5, 0.6) is 0 Å². The van der Waals surface area contributed by atoms with E-state index in [1.54, 1.807) is 11.8 Å². The molecular formula is C20H19N3OS. The van der Waals surface area contributed by atoms with Crippen LogP contribution in [0.4, 0.5) is 5.82 Å². The van der Waals surface area contributed by atoms with E-state index in [2.05, 4.69) is 47.9 Å². The monoisotopic (exact) mass is 349 g/mol. The third-order valence-electron chi connectivity index (χ3n) is 4.62. The number of nitrogens with one attached hydrogen (secondary N) is 1. The van der Waals surface area contributed by atoms with E-state index in [9.17, 15) is 4.79 Å². The van der Waals surface area contributed by atoms with Crippen molar-refractivity contribution in [3.8, 4) is 5.69 Å². The van der Waals surface area contributed by atoms with Gasteiger partial charge >= 0.3 is 0 Å². The van der Waals surface area contributed by atoms with Crippen molar-refractivity contribution in [2.45, 2.75) is 24.2 Å². The highest BCUT2D eigenvalue weighted by molar-refractivity contribution is 7.98. The van der Waals surface area contributed by atoms with E-state index in [0.29, 0.717) is 6.42 Å². The number of aryl methyl sites for hydroxylation is 1. The zero-order valence-electron chi connectivity index (χ0n) is 14.2. The lowest BCUT2D eigenvalue weighted by atomic mass is 9.87. The van der Waals surface area contributed by atoms with Crippen LogP contribution in [-0.4, -0.2) is 21.9 Å². The Bertz CT molecular complexity index is 913. The number of nitrogens with zero attached hydrogens (tertiary/aromatic N) is 2. The van der Waals surface area contributed by atoms with Gasteiger partial charge in [0.05, 0.1) is 11.9 Å². The molecule has 1 amide bonds. The number of amides is 1. The third kappa shape index (κ3) is 2.96. The van der Waals surface area contributed by atoms with Gasteiger partial charge in [-0.05, 0) is 43.0 Å². The van der Waals surface area contributed by atoms with E-state index < -0.39 is 0 Å². The van der Waals surface area contributed by atoms with Crippen LogP contribution in [0, 0.1) is 6.92 Å². The lowest BCUT2D eigenvalue weighted by Crippen LogP contribution is -2.24. The highest BCUT2D eigenvalue weighted by atomic mass is 32.2. The summed E-state index contributed by atoms with van der Waals surface area (Å²) in [6.07, 6.45) is 4.39. The smallest absolute Gasteiger partial charge is 0.226 e. The van der Waals surface area contributed by atoms with Gasteiger partial charge in [-0.3, -0.25) is 4.79 Å². The largest absolute Gasteiger partial charge is 0.310 e. The Labute approximate surface area is 151 Å². The van der Waals surface area contributed by atoms with Gasteiger partial charge < -0.3 is 5.32 Å². The molecule has 1 aliphatic rings. The lowest BCUT2D eigenvalue weighted by Gasteiger charge is -2.24. The second kappa shape index (κ2) is 6.41. The number of thioether (sulfide) groups is 1. The summed E-state index contributed by atoms with van der Waals surface area (Å²) < 4.78 is 1.81. The van der Waals surface area contributed by atoms with Crippen molar-refractivity contribution in [2.24, 2.45) is 0 Å². The molecule has 4 rings (SSSR count). The average molecular weight is 349 g/mol. The molecule has 4 nitrogen and oxygen atoms in total. The Balaban J connectivity index is 1.76. The van der Waals surface area contributed by atoms with E-state index in [-0.39, 0.29) is 11.8 Å². The zero-order chi connectivity index (χ0) is 17.4. The van der Waals surface area contributed by atoms with Gasteiger partial charge in [0.15, 0.2) is 0 Å². The van der Waals surface area contributed by atoms with Crippen LogP contribution < -0.4 is 5.32 Å². The molecule has 0 saturated heterocycles. The number of carbonyl (C=O) groups is 1. The van der Waals surface area contributed by atoms with Gasteiger partial charge in [-0.1, -0.05) is 29.8 Å². The topological polar surface area (TPSA) is 46.9 Å². The first kappa shape index (κ1) is 16.0. The quantitative estimate of drug-likeness (QED) is 0.714. The molecule has 1 unspecified atom stereocenters. The number of aromatic nitrogens is 2. The molecule has 0 aliphatic carbocycles. The van der Waals surface area contributed by atoms with Crippen molar-refractivity contribution in [2.75, 3.05) is 11.6 Å². The van der Waals surface area contributed by atoms with Gasteiger partial charge in [0.1, 0.15) is 5.82 Å². The summed E-state index contributed by atoms with van der Waals surface area (Å²) in [4.78, 5) is 13.5. The molecule has 1 aromatic heterocycles. The SMILES string of the molecule is CSc1ccc(C2CC(=O)Nc3c2cnn3-c2ccc(C)cc2)cc1. The number of rotatable bonds is 3. The first-order valence-corrected chi connectivity index (χ1v) is 9.47. The molecule has 1 atom stereocenters. The van der Waals surface area contributed by atoms with Crippen molar-refractivity contribution in [3.05, 3.63) is 71.4 Å². The minimum atomic E-state index is 0.0281. The highest BCUT2D eigenvalue weighted by Crippen LogP contribution is 2.38. The second-order valence-electron chi connectivity index (χ2n) is 6.27. The van der Waals surface area contributed by atoms with Crippen LogP contribution in [0.25, 0.3) is 5.69 Å². The fourth-order valence-electron chi connectivity index (χ4n) is 3.24. The van der Waals surface area contributed by atoms with Gasteiger partial charge in [0.2, 0.25) is 5.91 Å². The minimum Gasteiger partial charge on any atom is -0.310 e. The van der Waals surface area contributed by atoms with Crippen LogP contribution in [0.15, 0.2) is 59.6 Å². The molecule has 0 bridgehead atoms. The summed E-state index contributed by atoms with van der Waals surface area (Å²) in [5.41, 5.74) is 4.36. The number of anilines is 1. The van der Waals surface area contributed by atoms with Crippen LogP contribution >= 0.6 is 11.8 Å². The Hall–Kier alpha value is -2.53. The molecular weight excluding hydrogens is 330 g/mol. The average Bonchev–Trinajstić information content (AvgIpc) is 3.05. The Kier molecular flexibility index (Phi) is 4.09. The number of hydrogen-bond acceptors (Lipinski definition) is 3. The van der Waals surface area contributed by atoms with Crippen molar-refractivity contribution in [3.63, 3.8) is 0 Å². The van der Waals surface area contributed by atoms with Crippen LogP contribution in [0.2, 0.25) is 0 Å². The summed E-state index contributed by atoms with van der Waals surface area (Å²) in [7, 11) is 0. The molecule has 1 N–H and O–H groups in total. The summed E-state index contributed by atoms with van der Waals surface area (Å²) in [6, 6.07) is 16.6. The maximum Gasteiger partial charge on any atom is 0.226 e. The number of carbonyl (C=O) groups excluding carboxylic acids is 1. The van der Waals surface area contributed by atoms with Crippen molar-refractivity contribution >= 4 is 23.5 Å². The highest BCUT2D eigenvalue weighted by Gasteiger charge is 2.30. The molecule has 0 radical (unpaired) electrons.